The summed E-state index contributed by atoms with van der Waals surface area (Å²) in [7, 11) is 0. The van der Waals surface area contributed by atoms with Gasteiger partial charge in [-0.15, -0.1) is 0 Å². The van der Waals surface area contributed by atoms with Crippen LogP contribution in [0.25, 0.3) is 5.76 Å². The number of carbonyl (C=O) groups excluding carboxylic acids is 3. The molecule has 182 valence electrons. The first-order valence-corrected chi connectivity index (χ1v) is 11.5. The first kappa shape index (κ1) is 25.2. The summed E-state index contributed by atoms with van der Waals surface area (Å²) >= 11 is 0. The minimum Gasteiger partial charge on any atom is -0.507 e. The number of likely N-dealkylation sites (tertiary alicyclic amines) is 1. The number of carbonyl (C=O) groups is 3. The highest BCUT2D eigenvalue weighted by atomic mass is 16.5. The van der Waals surface area contributed by atoms with E-state index in [9.17, 15) is 19.5 Å². The monoisotopic (exact) mass is 468 g/mol. The van der Waals surface area contributed by atoms with Crippen molar-refractivity contribution in [2.75, 3.05) is 32.8 Å². The molecule has 0 bridgehead atoms. The average Bonchev–Trinajstić information content (AvgIpc) is 3.27. The Balaban J connectivity index is 2.14. The van der Waals surface area contributed by atoms with Gasteiger partial charge in [-0.3, -0.25) is 14.6 Å². The Morgan fingerprint density at radius 3 is 2.41 bits per heavy atom. The van der Waals surface area contributed by atoms with E-state index in [1.54, 1.807) is 45.3 Å². The normalized spacial score (nSPS) is 17.6. The third-order valence-electron chi connectivity index (χ3n) is 6.27. The Bertz CT molecular complexity index is 1100. The Morgan fingerprint density at radius 2 is 1.82 bits per heavy atom. The third-order valence-corrected chi connectivity index (χ3v) is 6.27. The number of amides is 1. The third kappa shape index (κ3) is 4.61. The highest BCUT2D eigenvalue weighted by Crippen LogP contribution is 2.40. The number of hydrogen-bond donors (Lipinski definition) is 2. The lowest BCUT2D eigenvalue weighted by atomic mass is 9.94. The van der Waals surface area contributed by atoms with Crippen LogP contribution in [0.1, 0.15) is 59.7 Å². The summed E-state index contributed by atoms with van der Waals surface area (Å²) in [6, 6.07) is 2.70. The smallest absolute Gasteiger partial charge is 0.355 e. The van der Waals surface area contributed by atoms with Crippen molar-refractivity contribution in [1.82, 2.24) is 19.8 Å². The molecule has 2 aromatic rings. The van der Waals surface area contributed by atoms with Crippen LogP contribution in [0.5, 0.6) is 0 Å². The maximum absolute atomic E-state index is 13.2. The lowest BCUT2D eigenvalue weighted by Gasteiger charge is -2.28. The molecule has 1 amide bonds. The fourth-order valence-electron chi connectivity index (χ4n) is 4.44. The van der Waals surface area contributed by atoms with Gasteiger partial charge in [0.25, 0.3) is 11.7 Å². The Kier molecular flexibility index (Phi) is 7.88. The number of ketones is 1. The molecule has 2 N–H and O–H groups in total. The van der Waals surface area contributed by atoms with Crippen molar-refractivity contribution in [1.29, 1.82) is 0 Å². The molecule has 0 unspecified atom stereocenters. The number of aryl methyl sites for hydroxylation is 1. The van der Waals surface area contributed by atoms with Gasteiger partial charge in [-0.1, -0.05) is 13.8 Å². The molecule has 9 nitrogen and oxygen atoms in total. The van der Waals surface area contributed by atoms with Gasteiger partial charge in [0, 0.05) is 36.7 Å². The molecule has 1 aliphatic heterocycles. The van der Waals surface area contributed by atoms with E-state index in [0.29, 0.717) is 35.5 Å². The standard InChI is InChI=1S/C25H32N4O5/c1-6-28(7-2)13-14-29-21(17-9-11-26-12-10-17)19(23(31)24(29)32)22(30)18-15(4)20(27-16(18)5)25(33)34-8-3/h9-12,21,27,30H,6-8,13-14H2,1-5H3/t21-/m0/s1. The van der Waals surface area contributed by atoms with Crippen LogP contribution >= 0.6 is 0 Å². The molecule has 1 atom stereocenters. The second-order valence-corrected chi connectivity index (χ2v) is 8.15. The zero-order valence-electron chi connectivity index (χ0n) is 20.3. The van der Waals surface area contributed by atoms with Crippen molar-refractivity contribution < 1.29 is 24.2 Å². The molecule has 0 aromatic carbocycles. The van der Waals surface area contributed by atoms with Gasteiger partial charge in [0.05, 0.1) is 18.2 Å². The van der Waals surface area contributed by atoms with E-state index in [1.165, 1.54) is 4.90 Å². The Morgan fingerprint density at radius 1 is 1.18 bits per heavy atom. The van der Waals surface area contributed by atoms with Gasteiger partial charge >= 0.3 is 5.97 Å². The fraction of sp³-hybridized carbons (Fsp3) is 0.440. The molecular formula is C25H32N4O5. The first-order chi connectivity index (χ1) is 16.3. The highest BCUT2D eigenvalue weighted by Gasteiger charge is 2.46. The maximum Gasteiger partial charge on any atom is 0.355 e. The fourth-order valence-corrected chi connectivity index (χ4v) is 4.44. The van der Waals surface area contributed by atoms with Crippen LogP contribution in [0.4, 0.5) is 0 Å². The number of aromatic amines is 1. The minimum atomic E-state index is -0.765. The second kappa shape index (κ2) is 10.6. The van der Waals surface area contributed by atoms with Crippen LogP contribution in [0, 0.1) is 13.8 Å². The summed E-state index contributed by atoms with van der Waals surface area (Å²) in [4.78, 5) is 49.3. The molecular weight excluding hydrogens is 436 g/mol. The molecule has 1 aliphatic rings. The summed E-state index contributed by atoms with van der Waals surface area (Å²) in [6.45, 7) is 11.9. The molecule has 3 heterocycles. The lowest BCUT2D eigenvalue weighted by Crippen LogP contribution is -2.38. The van der Waals surface area contributed by atoms with Crippen molar-refractivity contribution in [2.24, 2.45) is 0 Å². The average molecular weight is 469 g/mol. The summed E-state index contributed by atoms with van der Waals surface area (Å²) in [5, 5.41) is 11.4. The SMILES string of the molecule is CCOC(=O)c1[nH]c(C)c(C(O)=C2C(=O)C(=O)N(CCN(CC)CC)[C@H]2c2ccncc2)c1C. The molecule has 9 heteroatoms. The van der Waals surface area contributed by atoms with Gasteiger partial charge in [0.2, 0.25) is 0 Å². The van der Waals surface area contributed by atoms with Crippen molar-refractivity contribution in [3.8, 4) is 0 Å². The van der Waals surface area contributed by atoms with Gasteiger partial charge in [-0.05, 0) is 57.1 Å². The number of nitrogens with one attached hydrogen (secondary N) is 1. The number of Topliss-reactive ketones (excluding diaryl/α,β-unsaturated/α-hetero) is 1. The van der Waals surface area contributed by atoms with Crippen molar-refractivity contribution in [3.05, 3.63) is 58.2 Å². The summed E-state index contributed by atoms with van der Waals surface area (Å²) < 4.78 is 5.09. The van der Waals surface area contributed by atoms with Gasteiger partial charge in [-0.2, -0.15) is 0 Å². The van der Waals surface area contributed by atoms with Crippen LogP contribution in [0.3, 0.4) is 0 Å². The number of aromatic nitrogens is 2. The Hall–Kier alpha value is -3.46. The van der Waals surface area contributed by atoms with E-state index in [4.69, 9.17) is 4.74 Å². The predicted octanol–water partition coefficient (Wildman–Crippen LogP) is 2.97. The van der Waals surface area contributed by atoms with Crippen molar-refractivity contribution in [2.45, 2.75) is 40.7 Å². The molecule has 1 saturated heterocycles. The maximum atomic E-state index is 13.2. The van der Waals surface area contributed by atoms with Gasteiger partial charge in [-0.25, -0.2) is 4.79 Å². The summed E-state index contributed by atoms with van der Waals surface area (Å²) in [5.74, 6) is -2.27. The molecule has 0 spiro atoms. The van der Waals surface area contributed by atoms with Gasteiger partial charge < -0.3 is 24.6 Å². The molecule has 34 heavy (non-hydrogen) atoms. The van der Waals surface area contributed by atoms with E-state index < -0.39 is 23.7 Å². The van der Waals surface area contributed by atoms with Crippen molar-refractivity contribution >= 4 is 23.4 Å². The van der Waals surface area contributed by atoms with E-state index in [0.717, 1.165) is 13.1 Å². The topological polar surface area (TPSA) is 116 Å². The number of rotatable bonds is 9. The molecule has 0 saturated carbocycles. The number of hydrogen-bond acceptors (Lipinski definition) is 7. The number of aliphatic hydroxyl groups excluding tert-OH is 1. The Labute approximate surface area is 199 Å². The molecule has 0 aliphatic carbocycles. The van der Waals surface area contributed by atoms with E-state index in [-0.39, 0.29) is 23.6 Å². The minimum absolute atomic E-state index is 0.00337. The predicted molar refractivity (Wildman–Crippen MR) is 127 cm³/mol. The van der Waals surface area contributed by atoms with Crippen molar-refractivity contribution in [3.63, 3.8) is 0 Å². The lowest BCUT2D eigenvalue weighted by molar-refractivity contribution is -0.140. The number of aliphatic hydroxyl groups is 1. The van der Waals surface area contributed by atoms with Crippen LogP contribution in [-0.4, -0.2) is 75.3 Å². The number of pyridine rings is 1. The first-order valence-electron chi connectivity index (χ1n) is 11.5. The van der Waals surface area contributed by atoms with Crippen LogP contribution < -0.4 is 0 Å². The van der Waals surface area contributed by atoms with Gasteiger partial charge in [0.15, 0.2) is 0 Å². The van der Waals surface area contributed by atoms with Crippen LogP contribution in [0.15, 0.2) is 30.1 Å². The van der Waals surface area contributed by atoms with E-state index in [1.807, 2.05) is 13.8 Å². The van der Waals surface area contributed by atoms with E-state index >= 15 is 0 Å². The number of likely N-dealkylation sites (N-methyl/N-ethyl adjacent to an activating group) is 1. The molecule has 1 fully saturated rings. The largest absolute Gasteiger partial charge is 0.507 e. The van der Waals surface area contributed by atoms with E-state index in [2.05, 4.69) is 14.9 Å². The van der Waals surface area contributed by atoms with Crippen LogP contribution in [-0.2, 0) is 14.3 Å². The van der Waals surface area contributed by atoms with Crippen LogP contribution in [0.2, 0.25) is 0 Å². The number of nitrogens with zero attached hydrogens (tertiary/aromatic N) is 3. The number of esters is 1. The molecule has 0 radical (unpaired) electrons. The quantitative estimate of drug-likeness (QED) is 0.252. The number of ether oxygens (including phenoxy) is 1. The second-order valence-electron chi connectivity index (χ2n) is 8.15. The molecule has 3 rings (SSSR count). The summed E-state index contributed by atoms with van der Waals surface area (Å²) in [5.41, 5.74) is 2.15. The molecule has 2 aromatic heterocycles. The van der Waals surface area contributed by atoms with Gasteiger partial charge in [0.1, 0.15) is 11.5 Å². The zero-order valence-corrected chi connectivity index (χ0v) is 20.3. The summed E-state index contributed by atoms with van der Waals surface area (Å²) in [6.07, 6.45) is 3.18. The number of H-pyrrole nitrogens is 1. The highest BCUT2D eigenvalue weighted by molar-refractivity contribution is 6.46. The zero-order chi connectivity index (χ0) is 25.0.